The number of hydrazine groups is 1. The SMILES string of the molecule is CC1(C)Cc2ccccc2C(NNC(N)=O)=N1. The van der Waals surface area contributed by atoms with Crippen molar-refractivity contribution in [1.82, 2.24) is 10.9 Å². The summed E-state index contributed by atoms with van der Waals surface area (Å²) < 4.78 is 0. The van der Waals surface area contributed by atoms with Gasteiger partial charge in [0, 0.05) is 5.56 Å². The van der Waals surface area contributed by atoms with Crippen LogP contribution in [-0.2, 0) is 6.42 Å². The predicted octanol–water partition coefficient (Wildman–Crippen LogP) is 0.941. The zero-order valence-electron chi connectivity index (χ0n) is 9.95. The second-order valence-corrected chi connectivity index (χ2v) is 4.72. The first-order valence-corrected chi connectivity index (χ1v) is 5.47. The van der Waals surface area contributed by atoms with Gasteiger partial charge in [0.15, 0.2) is 0 Å². The summed E-state index contributed by atoms with van der Waals surface area (Å²) in [5, 5.41) is 0. The van der Waals surface area contributed by atoms with Crippen LogP contribution in [0, 0.1) is 0 Å². The van der Waals surface area contributed by atoms with E-state index >= 15 is 0 Å². The average molecular weight is 232 g/mol. The largest absolute Gasteiger partial charge is 0.350 e. The molecule has 0 aromatic heterocycles. The third-order valence-corrected chi connectivity index (χ3v) is 2.61. The molecule has 0 saturated heterocycles. The van der Waals surface area contributed by atoms with Gasteiger partial charge in [0.25, 0.3) is 0 Å². The number of primary amides is 1. The third kappa shape index (κ3) is 2.55. The number of benzene rings is 1. The Morgan fingerprint density at radius 2 is 2.12 bits per heavy atom. The molecule has 90 valence electrons. The van der Waals surface area contributed by atoms with Gasteiger partial charge >= 0.3 is 6.03 Å². The molecule has 1 aliphatic heterocycles. The lowest BCUT2D eigenvalue weighted by molar-refractivity contribution is 0.247. The van der Waals surface area contributed by atoms with Gasteiger partial charge in [-0.3, -0.25) is 15.8 Å². The van der Waals surface area contributed by atoms with Crippen molar-refractivity contribution < 1.29 is 4.79 Å². The molecule has 0 bridgehead atoms. The van der Waals surface area contributed by atoms with Crippen molar-refractivity contribution in [1.29, 1.82) is 0 Å². The fourth-order valence-corrected chi connectivity index (χ4v) is 1.99. The number of hydrogen-bond acceptors (Lipinski definition) is 3. The molecule has 0 fully saturated rings. The molecule has 1 heterocycles. The van der Waals surface area contributed by atoms with Gasteiger partial charge in [0.05, 0.1) is 5.54 Å². The van der Waals surface area contributed by atoms with E-state index in [0.29, 0.717) is 5.84 Å². The number of fused-ring (bicyclic) bond motifs is 1. The van der Waals surface area contributed by atoms with Gasteiger partial charge in [-0.15, -0.1) is 0 Å². The van der Waals surface area contributed by atoms with Crippen LogP contribution in [0.25, 0.3) is 0 Å². The van der Waals surface area contributed by atoms with Crippen LogP contribution in [0.2, 0.25) is 0 Å². The Morgan fingerprint density at radius 3 is 2.82 bits per heavy atom. The lowest BCUT2D eigenvalue weighted by Gasteiger charge is -2.29. The summed E-state index contributed by atoms with van der Waals surface area (Å²) in [6, 6.07) is 7.35. The van der Waals surface area contributed by atoms with E-state index in [1.165, 1.54) is 5.56 Å². The monoisotopic (exact) mass is 232 g/mol. The van der Waals surface area contributed by atoms with E-state index in [0.717, 1.165) is 12.0 Å². The van der Waals surface area contributed by atoms with Crippen molar-refractivity contribution in [2.24, 2.45) is 10.7 Å². The summed E-state index contributed by atoms with van der Waals surface area (Å²) in [6.07, 6.45) is 0.880. The van der Waals surface area contributed by atoms with Gasteiger partial charge in [-0.2, -0.15) is 0 Å². The molecule has 2 rings (SSSR count). The van der Waals surface area contributed by atoms with E-state index in [1.54, 1.807) is 0 Å². The molecule has 2 amide bonds. The maximum Gasteiger partial charge on any atom is 0.330 e. The van der Waals surface area contributed by atoms with E-state index in [9.17, 15) is 4.79 Å². The van der Waals surface area contributed by atoms with Gasteiger partial charge in [0.1, 0.15) is 5.84 Å². The Hall–Kier alpha value is -2.04. The quantitative estimate of drug-likeness (QED) is 0.582. The average Bonchev–Trinajstić information content (AvgIpc) is 2.24. The number of aliphatic imine (C=N–C) groups is 1. The van der Waals surface area contributed by atoms with Crippen LogP contribution in [0.1, 0.15) is 25.0 Å². The van der Waals surface area contributed by atoms with Gasteiger partial charge in [-0.1, -0.05) is 24.3 Å². The Balaban J connectivity index is 2.33. The Morgan fingerprint density at radius 1 is 1.41 bits per heavy atom. The highest BCUT2D eigenvalue weighted by Gasteiger charge is 2.26. The second-order valence-electron chi connectivity index (χ2n) is 4.72. The van der Waals surface area contributed by atoms with Crippen LogP contribution < -0.4 is 16.6 Å². The molecule has 0 radical (unpaired) electrons. The van der Waals surface area contributed by atoms with Crippen LogP contribution in [0.4, 0.5) is 4.79 Å². The molecule has 5 heteroatoms. The van der Waals surface area contributed by atoms with Crippen molar-refractivity contribution in [3.8, 4) is 0 Å². The fraction of sp³-hybridized carbons (Fsp3) is 0.333. The van der Waals surface area contributed by atoms with Crippen molar-refractivity contribution in [2.75, 3.05) is 0 Å². The van der Waals surface area contributed by atoms with Crippen molar-refractivity contribution in [2.45, 2.75) is 25.8 Å². The molecule has 0 atom stereocenters. The molecule has 1 aromatic rings. The molecule has 1 aliphatic rings. The topological polar surface area (TPSA) is 79.5 Å². The normalized spacial score (nSPS) is 16.7. The molecule has 0 saturated carbocycles. The molecular weight excluding hydrogens is 216 g/mol. The molecule has 4 N–H and O–H groups in total. The number of carbonyl (C=O) groups is 1. The number of amidine groups is 1. The number of amides is 2. The number of nitrogens with one attached hydrogen (secondary N) is 2. The van der Waals surface area contributed by atoms with E-state index < -0.39 is 6.03 Å². The number of hydrogen-bond donors (Lipinski definition) is 3. The maximum absolute atomic E-state index is 10.7. The summed E-state index contributed by atoms with van der Waals surface area (Å²) in [5.74, 6) is 0.649. The molecule has 0 unspecified atom stereocenters. The predicted molar refractivity (Wildman–Crippen MR) is 66.6 cm³/mol. The van der Waals surface area contributed by atoms with E-state index in [-0.39, 0.29) is 5.54 Å². The van der Waals surface area contributed by atoms with Crippen molar-refractivity contribution in [3.63, 3.8) is 0 Å². The lowest BCUT2D eigenvalue weighted by atomic mass is 9.89. The molecule has 0 aliphatic carbocycles. The van der Waals surface area contributed by atoms with Gasteiger partial charge in [0.2, 0.25) is 0 Å². The lowest BCUT2D eigenvalue weighted by Crippen LogP contribution is -2.47. The summed E-state index contributed by atoms with van der Waals surface area (Å²) in [6.45, 7) is 4.10. The molecule has 17 heavy (non-hydrogen) atoms. The minimum Gasteiger partial charge on any atom is -0.350 e. The Bertz CT molecular complexity index is 479. The number of nitrogens with two attached hydrogens (primary N) is 1. The van der Waals surface area contributed by atoms with Crippen LogP contribution >= 0.6 is 0 Å². The number of nitrogens with zero attached hydrogens (tertiary/aromatic N) is 1. The number of rotatable bonds is 0. The number of carbonyl (C=O) groups excluding carboxylic acids is 1. The van der Waals surface area contributed by atoms with Gasteiger partial charge in [-0.25, -0.2) is 4.79 Å². The molecule has 1 aromatic carbocycles. The first-order valence-electron chi connectivity index (χ1n) is 5.47. The highest BCUT2D eigenvalue weighted by Crippen LogP contribution is 2.25. The van der Waals surface area contributed by atoms with Gasteiger partial charge in [-0.05, 0) is 25.8 Å². The third-order valence-electron chi connectivity index (χ3n) is 2.61. The van der Waals surface area contributed by atoms with Crippen LogP contribution in [0.3, 0.4) is 0 Å². The molecular formula is C12H16N4O. The standard InChI is InChI=1S/C12H16N4O/c1-12(2)7-8-5-3-4-6-9(8)10(14-12)15-16-11(13)17/h3-6H,7H2,1-2H3,(H,14,15)(H3,13,16,17). The highest BCUT2D eigenvalue weighted by atomic mass is 16.2. The van der Waals surface area contributed by atoms with Crippen LogP contribution in [0.15, 0.2) is 29.3 Å². The Kier molecular flexibility index (Phi) is 2.75. The fourth-order valence-electron chi connectivity index (χ4n) is 1.99. The first-order chi connectivity index (χ1) is 7.98. The summed E-state index contributed by atoms with van der Waals surface area (Å²) in [4.78, 5) is 15.3. The van der Waals surface area contributed by atoms with Gasteiger partial charge < -0.3 is 5.73 Å². The first kappa shape index (κ1) is 11.4. The van der Waals surface area contributed by atoms with E-state index in [4.69, 9.17) is 5.73 Å². The smallest absolute Gasteiger partial charge is 0.330 e. The number of urea groups is 1. The minimum absolute atomic E-state index is 0.185. The zero-order chi connectivity index (χ0) is 12.5. The maximum atomic E-state index is 10.7. The summed E-state index contributed by atoms with van der Waals surface area (Å²) in [7, 11) is 0. The molecule has 5 nitrogen and oxygen atoms in total. The molecule has 0 spiro atoms. The van der Waals surface area contributed by atoms with E-state index in [1.807, 2.05) is 18.2 Å². The van der Waals surface area contributed by atoms with E-state index in [2.05, 4.69) is 35.8 Å². The Labute approximate surface area is 100 Å². The zero-order valence-corrected chi connectivity index (χ0v) is 9.95. The van der Waals surface area contributed by atoms with Crippen molar-refractivity contribution in [3.05, 3.63) is 35.4 Å². The minimum atomic E-state index is -0.631. The van der Waals surface area contributed by atoms with Crippen LogP contribution in [0.5, 0.6) is 0 Å². The summed E-state index contributed by atoms with van der Waals surface area (Å²) >= 11 is 0. The van der Waals surface area contributed by atoms with Crippen LogP contribution in [-0.4, -0.2) is 17.4 Å². The highest BCUT2D eigenvalue weighted by molar-refractivity contribution is 6.01. The summed E-state index contributed by atoms with van der Waals surface area (Å²) in [5.41, 5.74) is 12.2. The second kappa shape index (κ2) is 4.08. The van der Waals surface area contributed by atoms with Crippen molar-refractivity contribution >= 4 is 11.9 Å².